The Morgan fingerprint density at radius 1 is 1.15 bits per heavy atom. The molecule has 1 amide bonds. The number of fused-ring (bicyclic) bond motifs is 1. The lowest BCUT2D eigenvalue weighted by Gasteiger charge is -2.29. The van der Waals surface area contributed by atoms with Crippen molar-refractivity contribution >= 4 is 17.2 Å². The van der Waals surface area contributed by atoms with Crippen molar-refractivity contribution in [1.29, 1.82) is 0 Å². The van der Waals surface area contributed by atoms with Crippen LogP contribution < -0.4 is 9.47 Å². The summed E-state index contributed by atoms with van der Waals surface area (Å²) in [5.74, 6) is 1.49. The summed E-state index contributed by atoms with van der Waals surface area (Å²) < 4.78 is 11.6. The zero-order chi connectivity index (χ0) is 18.6. The monoisotopic (exact) mass is 380 g/mol. The molecule has 0 N–H and O–H groups in total. The smallest absolute Gasteiger partial charge is 0.228 e. The summed E-state index contributed by atoms with van der Waals surface area (Å²) in [5.41, 5.74) is 1.86. The van der Waals surface area contributed by atoms with Crippen molar-refractivity contribution in [3.05, 3.63) is 65.7 Å². The Morgan fingerprint density at radius 2 is 1.89 bits per heavy atom. The number of rotatable bonds is 5. The summed E-state index contributed by atoms with van der Waals surface area (Å²) in [6, 6.07) is 17.6. The predicted octanol–water partition coefficient (Wildman–Crippen LogP) is 3.65. The molecule has 0 aliphatic carbocycles. The lowest BCUT2D eigenvalue weighted by atomic mass is 10.2. The molecular formula is C21H20N2O3S. The van der Waals surface area contributed by atoms with Gasteiger partial charge in [0.15, 0.2) is 17.6 Å². The summed E-state index contributed by atoms with van der Waals surface area (Å²) in [6.07, 6.45) is 0.105. The van der Waals surface area contributed by atoms with Crippen molar-refractivity contribution in [3.8, 4) is 22.1 Å². The second kappa shape index (κ2) is 7.80. The Balaban J connectivity index is 1.34. The van der Waals surface area contributed by atoms with E-state index in [-0.39, 0.29) is 18.4 Å². The first-order valence-corrected chi connectivity index (χ1v) is 9.69. The molecule has 1 atom stereocenters. The van der Waals surface area contributed by atoms with Gasteiger partial charge in [-0.15, -0.1) is 11.3 Å². The molecule has 1 aliphatic heterocycles. The molecule has 0 saturated carbocycles. The van der Waals surface area contributed by atoms with E-state index >= 15 is 0 Å². The van der Waals surface area contributed by atoms with Crippen molar-refractivity contribution < 1.29 is 14.3 Å². The van der Waals surface area contributed by atoms with E-state index in [4.69, 9.17) is 9.47 Å². The number of aromatic nitrogens is 1. The van der Waals surface area contributed by atoms with Crippen LogP contribution in [0.1, 0.15) is 5.69 Å². The minimum absolute atomic E-state index is 0.0161. The lowest BCUT2D eigenvalue weighted by molar-refractivity contribution is -0.130. The molecular weight excluding hydrogens is 360 g/mol. The molecule has 0 fully saturated rings. The van der Waals surface area contributed by atoms with Gasteiger partial charge >= 0.3 is 0 Å². The van der Waals surface area contributed by atoms with Gasteiger partial charge in [0.25, 0.3) is 0 Å². The quantitative estimate of drug-likeness (QED) is 0.678. The number of thiazole rings is 1. The van der Waals surface area contributed by atoms with Gasteiger partial charge in [0.1, 0.15) is 11.6 Å². The maximum atomic E-state index is 12.6. The first kappa shape index (κ1) is 17.5. The summed E-state index contributed by atoms with van der Waals surface area (Å²) >= 11 is 1.56. The molecule has 0 unspecified atom stereocenters. The molecule has 2 heterocycles. The Labute approximate surface area is 162 Å². The SMILES string of the molecule is CN(C[C@H]1COc2ccccc2O1)C(=O)Cc1csc(-c2ccccc2)n1. The standard InChI is InChI=1S/C21H20N2O3S/c1-23(12-17-13-25-18-9-5-6-10-19(18)26-17)20(24)11-16-14-27-21(22-16)15-7-3-2-4-8-15/h2-10,14,17H,11-13H2,1H3/t17-/m0/s1. The first-order valence-electron chi connectivity index (χ1n) is 8.81. The number of nitrogens with zero attached hydrogens (tertiary/aromatic N) is 2. The third-order valence-corrected chi connectivity index (χ3v) is 5.32. The number of hydrogen-bond donors (Lipinski definition) is 0. The summed E-state index contributed by atoms with van der Waals surface area (Å²) in [4.78, 5) is 18.9. The number of benzene rings is 2. The van der Waals surface area contributed by atoms with Crippen LogP contribution in [0.25, 0.3) is 10.6 Å². The highest BCUT2D eigenvalue weighted by Gasteiger charge is 2.24. The van der Waals surface area contributed by atoms with Gasteiger partial charge < -0.3 is 14.4 Å². The largest absolute Gasteiger partial charge is 0.486 e. The van der Waals surface area contributed by atoms with Crippen LogP contribution in [0.5, 0.6) is 11.5 Å². The number of para-hydroxylation sites is 2. The maximum absolute atomic E-state index is 12.6. The number of carbonyl (C=O) groups is 1. The van der Waals surface area contributed by atoms with E-state index in [1.807, 2.05) is 60.0 Å². The number of carbonyl (C=O) groups excluding carboxylic acids is 1. The van der Waals surface area contributed by atoms with Crippen molar-refractivity contribution in [1.82, 2.24) is 9.88 Å². The van der Waals surface area contributed by atoms with Crippen molar-refractivity contribution in [2.75, 3.05) is 20.2 Å². The van der Waals surface area contributed by atoms with Gasteiger partial charge in [0.2, 0.25) is 5.91 Å². The van der Waals surface area contributed by atoms with E-state index in [9.17, 15) is 4.79 Å². The fourth-order valence-corrected chi connectivity index (χ4v) is 3.78. The van der Waals surface area contributed by atoms with Crippen LogP contribution in [-0.2, 0) is 11.2 Å². The molecule has 0 radical (unpaired) electrons. The summed E-state index contributed by atoms with van der Waals surface area (Å²) in [7, 11) is 1.79. The molecule has 1 aromatic heterocycles. The minimum Gasteiger partial charge on any atom is -0.486 e. The van der Waals surface area contributed by atoms with Gasteiger partial charge in [-0.3, -0.25) is 4.79 Å². The molecule has 6 heteroatoms. The van der Waals surface area contributed by atoms with Crippen LogP contribution in [0.15, 0.2) is 60.0 Å². The predicted molar refractivity (Wildman–Crippen MR) is 105 cm³/mol. The van der Waals surface area contributed by atoms with Gasteiger partial charge in [0.05, 0.1) is 18.7 Å². The molecule has 5 nitrogen and oxygen atoms in total. The Bertz CT molecular complexity index is 926. The van der Waals surface area contributed by atoms with Crippen LogP contribution >= 0.6 is 11.3 Å². The van der Waals surface area contributed by atoms with Crippen LogP contribution in [0.2, 0.25) is 0 Å². The molecule has 3 aromatic rings. The van der Waals surface area contributed by atoms with Gasteiger partial charge in [-0.1, -0.05) is 42.5 Å². The minimum atomic E-state index is -0.177. The number of amides is 1. The van der Waals surface area contributed by atoms with Crippen LogP contribution in [0.4, 0.5) is 0 Å². The van der Waals surface area contributed by atoms with Crippen molar-refractivity contribution in [2.45, 2.75) is 12.5 Å². The Morgan fingerprint density at radius 3 is 2.70 bits per heavy atom. The molecule has 0 spiro atoms. The third-order valence-electron chi connectivity index (χ3n) is 4.38. The second-order valence-corrected chi connectivity index (χ2v) is 7.32. The summed E-state index contributed by atoms with van der Waals surface area (Å²) in [5, 5.41) is 2.88. The molecule has 4 rings (SSSR count). The molecule has 138 valence electrons. The van der Waals surface area contributed by atoms with Gasteiger partial charge in [-0.25, -0.2) is 4.98 Å². The highest BCUT2D eigenvalue weighted by molar-refractivity contribution is 7.13. The van der Waals surface area contributed by atoms with E-state index < -0.39 is 0 Å². The fraction of sp³-hybridized carbons (Fsp3) is 0.238. The normalized spacial score (nSPS) is 15.4. The lowest BCUT2D eigenvalue weighted by Crippen LogP contribution is -2.42. The Kier molecular flexibility index (Phi) is 5.07. The average Bonchev–Trinajstić information content (AvgIpc) is 3.17. The summed E-state index contributed by atoms with van der Waals surface area (Å²) in [6.45, 7) is 0.909. The second-order valence-electron chi connectivity index (χ2n) is 6.46. The molecule has 1 aliphatic rings. The number of likely N-dealkylation sites (N-methyl/N-ethyl adjacent to an activating group) is 1. The van der Waals surface area contributed by atoms with E-state index in [1.54, 1.807) is 23.3 Å². The Hall–Kier alpha value is -2.86. The molecule has 27 heavy (non-hydrogen) atoms. The molecule has 0 saturated heterocycles. The zero-order valence-corrected chi connectivity index (χ0v) is 15.8. The first-order chi connectivity index (χ1) is 13.2. The highest BCUT2D eigenvalue weighted by Crippen LogP contribution is 2.31. The van der Waals surface area contributed by atoms with Gasteiger partial charge in [0, 0.05) is 18.0 Å². The van der Waals surface area contributed by atoms with Gasteiger partial charge in [-0.2, -0.15) is 0 Å². The van der Waals surface area contributed by atoms with Crippen LogP contribution in [0.3, 0.4) is 0 Å². The van der Waals surface area contributed by atoms with Crippen molar-refractivity contribution in [3.63, 3.8) is 0 Å². The number of hydrogen-bond acceptors (Lipinski definition) is 5. The maximum Gasteiger partial charge on any atom is 0.228 e. The molecule has 0 bridgehead atoms. The highest BCUT2D eigenvalue weighted by atomic mass is 32.1. The van der Waals surface area contributed by atoms with E-state index in [2.05, 4.69) is 4.98 Å². The van der Waals surface area contributed by atoms with E-state index in [0.717, 1.165) is 27.8 Å². The molecule has 2 aromatic carbocycles. The van der Waals surface area contributed by atoms with Gasteiger partial charge in [-0.05, 0) is 12.1 Å². The van der Waals surface area contributed by atoms with Crippen molar-refractivity contribution in [2.24, 2.45) is 0 Å². The van der Waals surface area contributed by atoms with Crippen LogP contribution in [-0.4, -0.2) is 42.1 Å². The fourth-order valence-electron chi connectivity index (χ4n) is 2.95. The van der Waals surface area contributed by atoms with E-state index in [0.29, 0.717) is 13.2 Å². The topological polar surface area (TPSA) is 51.7 Å². The average molecular weight is 380 g/mol. The number of ether oxygens (including phenoxy) is 2. The van der Waals surface area contributed by atoms with E-state index in [1.165, 1.54) is 0 Å². The zero-order valence-electron chi connectivity index (χ0n) is 15.0. The third kappa shape index (κ3) is 4.11. The van der Waals surface area contributed by atoms with Crippen LogP contribution in [0, 0.1) is 0 Å².